The summed E-state index contributed by atoms with van der Waals surface area (Å²) in [6.07, 6.45) is 4.41. The average molecular weight is 540 g/mol. The molecular weight excluding hydrogens is 506 g/mol. The monoisotopic (exact) mass is 539 g/mol. The van der Waals surface area contributed by atoms with Crippen LogP contribution in [0.25, 0.3) is 11.3 Å². The van der Waals surface area contributed by atoms with E-state index in [-0.39, 0.29) is 23.7 Å². The van der Waals surface area contributed by atoms with Gasteiger partial charge in [-0.25, -0.2) is 4.79 Å². The fraction of sp³-hybridized carbons (Fsp3) is 0.267. The first kappa shape index (κ1) is 26.9. The van der Waals surface area contributed by atoms with E-state index in [0.717, 1.165) is 30.8 Å². The summed E-state index contributed by atoms with van der Waals surface area (Å²) in [5.41, 5.74) is 5.86. The van der Waals surface area contributed by atoms with Crippen molar-refractivity contribution < 1.29 is 14.3 Å². The fourth-order valence-corrected chi connectivity index (χ4v) is 4.56. The molecule has 0 atom stereocenters. The van der Waals surface area contributed by atoms with Gasteiger partial charge in [0.25, 0.3) is 5.91 Å². The standard InChI is InChI=1S/C30H33N7O3/c1-19(2)37-18-27(28(35-37)21-6-5-20-12-14-36(4)17-22(20)15-21)34-30(39)33-23-7-9-24(10-8-23)40-25-11-13-32-26(16-25)29(38)31-3/h5-11,13,15-16,18-19H,12,14,17H2,1-4H3,(H,31,38)(H2,33,34,39). The molecule has 0 bridgehead atoms. The molecule has 3 N–H and O–H groups in total. The van der Waals surface area contributed by atoms with Crippen LogP contribution in [0, 0.1) is 0 Å². The molecule has 0 unspecified atom stereocenters. The van der Waals surface area contributed by atoms with E-state index in [2.05, 4.69) is 64.9 Å². The van der Waals surface area contributed by atoms with Crippen LogP contribution in [0.5, 0.6) is 11.5 Å². The molecular formula is C30H33N7O3. The van der Waals surface area contributed by atoms with Gasteiger partial charge in [0.15, 0.2) is 0 Å². The molecule has 0 aliphatic carbocycles. The highest BCUT2D eigenvalue weighted by Crippen LogP contribution is 2.31. The number of carbonyl (C=O) groups is 2. The van der Waals surface area contributed by atoms with E-state index in [1.807, 2.05) is 10.9 Å². The van der Waals surface area contributed by atoms with Gasteiger partial charge in [0.1, 0.15) is 22.9 Å². The third-order valence-electron chi connectivity index (χ3n) is 6.73. The van der Waals surface area contributed by atoms with E-state index in [1.165, 1.54) is 17.3 Å². The number of carbonyl (C=O) groups excluding carboxylic acids is 2. The summed E-state index contributed by atoms with van der Waals surface area (Å²) < 4.78 is 7.70. The second-order valence-corrected chi connectivity index (χ2v) is 10.1. The third-order valence-corrected chi connectivity index (χ3v) is 6.73. The Balaban J connectivity index is 1.28. The minimum absolute atomic E-state index is 0.140. The van der Waals surface area contributed by atoms with E-state index < -0.39 is 0 Å². The number of rotatable bonds is 7. The van der Waals surface area contributed by atoms with Gasteiger partial charge in [-0.15, -0.1) is 0 Å². The number of likely N-dealkylation sites (N-methyl/N-ethyl adjacent to an activating group) is 1. The minimum atomic E-state index is -0.375. The molecule has 10 heteroatoms. The maximum absolute atomic E-state index is 13.0. The zero-order valence-corrected chi connectivity index (χ0v) is 23.1. The molecule has 0 spiro atoms. The van der Waals surface area contributed by atoms with Crippen LogP contribution in [-0.2, 0) is 13.0 Å². The highest BCUT2D eigenvalue weighted by molar-refractivity contribution is 6.02. The van der Waals surface area contributed by atoms with Crippen LogP contribution in [0.4, 0.5) is 16.2 Å². The van der Waals surface area contributed by atoms with E-state index in [4.69, 9.17) is 9.84 Å². The van der Waals surface area contributed by atoms with Gasteiger partial charge in [-0.3, -0.25) is 14.5 Å². The number of benzene rings is 2. The van der Waals surface area contributed by atoms with Crippen LogP contribution in [0.2, 0.25) is 0 Å². The number of urea groups is 1. The second kappa shape index (κ2) is 11.6. The van der Waals surface area contributed by atoms with E-state index >= 15 is 0 Å². The summed E-state index contributed by atoms with van der Waals surface area (Å²) >= 11 is 0. The van der Waals surface area contributed by atoms with Crippen molar-refractivity contribution in [2.24, 2.45) is 0 Å². The minimum Gasteiger partial charge on any atom is -0.457 e. The van der Waals surface area contributed by atoms with Gasteiger partial charge >= 0.3 is 6.03 Å². The quantitative estimate of drug-likeness (QED) is 0.293. The Morgan fingerprint density at radius 3 is 2.52 bits per heavy atom. The Labute approximate surface area is 233 Å². The van der Waals surface area contributed by atoms with Gasteiger partial charge in [-0.1, -0.05) is 12.1 Å². The maximum Gasteiger partial charge on any atom is 0.323 e. The fourth-order valence-electron chi connectivity index (χ4n) is 4.56. The van der Waals surface area contributed by atoms with E-state index in [1.54, 1.807) is 43.4 Å². The number of pyridine rings is 1. The van der Waals surface area contributed by atoms with Gasteiger partial charge in [0.2, 0.25) is 0 Å². The van der Waals surface area contributed by atoms with Gasteiger partial charge in [0, 0.05) is 55.9 Å². The van der Waals surface area contributed by atoms with Crippen molar-refractivity contribution in [1.82, 2.24) is 25.0 Å². The number of hydrogen-bond donors (Lipinski definition) is 3. The molecule has 3 amide bonds. The summed E-state index contributed by atoms with van der Waals surface area (Å²) in [6.45, 7) is 6.05. The first-order chi connectivity index (χ1) is 19.3. The number of ether oxygens (including phenoxy) is 1. The summed E-state index contributed by atoms with van der Waals surface area (Å²) in [5.74, 6) is 0.742. The lowest BCUT2D eigenvalue weighted by molar-refractivity contribution is 0.0958. The molecule has 3 heterocycles. The molecule has 1 aliphatic rings. The molecule has 10 nitrogen and oxygen atoms in total. The Hall–Kier alpha value is -4.70. The van der Waals surface area contributed by atoms with Gasteiger partial charge in [-0.2, -0.15) is 5.10 Å². The van der Waals surface area contributed by atoms with Gasteiger partial charge in [0.05, 0.1) is 5.69 Å². The largest absolute Gasteiger partial charge is 0.457 e. The molecule has 40 heavy (non-hydrogen) atoms. The van der Waals surface area contributed by atoms with Crippen molar-refractivity contribution in [2.45, 2.75) is 32.9 Å². The summed E-state index contributed by atoms with van der Waals surface area (Å²) in [5, 5.41) is 13.2. The van der Waals surface area contributed by atoms with Gasteiger partial charge < -0.3 is 25.6 Å². The Morgan fingerprint density at radius 2 is 1.77 bits per heavy atom. The Bertz CT molecular complexity index is 1530. The molecule has 0 saturated heterocycles. The predicted octanol–water partition coefficient (Wildman–Crippen LogP) is 5.31. The third kappa shape index (κ3) is 6.13. The number of hydrogen-bond acceptors (Lipinski definition) is 6. The first-order valence-corrected chi connectivity index (χ1v) is 13.2. The average Bonchev–Trinajstić information content (AvgIpc) is 3.37. The number of nitrogens with zero attached hydrogens (tertiary/aromatic N) is 4. The number of nitrogens with one attached hydrogen (secondary N) is 3. The number of anilines is 2. The topological polar surface area (TPSA) is 113 Å². The van der Waals surface area contributed by atoms with Crippen molar-refractivity contribution >= 4 is 23.3 Å². The zero-order valence-electron chi connectivity index (χ0n) is 23.1. The van der Waals surface area contributed by atoms with Crippen molar-refractivity contribution in [3.05, 3.63) is 83.8 Å². The number of fused-ring (bicyclic) bond motifs is 1. The Morgan fingerprint density at radius 1 is 0.975 bits per heavy atom. The molecule has 1 aliphatic heterocycles. The second-order valence-electron chi connectivity index (χ2n) is 10.1. The van der Waals surface area contributed by atoms with Crippen LogP contribution >= 0.6 is 0 Å². The normalized spacial score (nSPS) is 13.0. The number of amides is 3. The Kier molecular flexibility index (Phi) is 7.79. The summed E-state index contributed by atoms with van der Waals surface area (Å²) in [7, 11) is 3.67. The highest BCUT2D eigenvalue weighted by Gasteiger charge is 2.19. The summed E-state index contributed by atoms with van der Waals surface area (Å²) in [6, 6.07) is 16.4. The number of aromatic nitrogens is 3. The van der Waals surface area contributed by atoms with Crippen LogP contribution in [0.15, 0.2) is 67.0 Å². The smallest absolute Gasteiger partial charge is 0.323 e. The SMILES string of the molecule is CNC(=O)c1cc(Oc2ccc(NC(=O)Nc3cn(C(C)C)nc3-c3ccc4c(c3)CN(C)CC4)cc2)ccn1. The van der Waals surface area contributed by atoms with Crippen LogP contribution in [-0.4, -0.2) is 52.2 Å². The van der Waals surface area contributed by atoms with Crippen LogP contribution in [0.3, 0.4) is 0 Å². The molecule has 5 rings (SSSR count). The first-order valence-electron chi connectivity index (χ1n) is 13.2. The van der Waals surface area contributed by atoms with Crippen LogP contribution in [0.1, 0.15) is 41.5 Å². The lowest BCUT2D eigenvalue weighted by atomic mass is 9.96. The lowest BCUT2D eigenvalue weighted by Crippen LogP contribution is -2.26. The zero-order chi connectivity index (χ0) is 28.2. The molecule has 0 radical (unpaired) electrons. The molecule has 4 aromatic rings. The maximum atomic E-state index is 13.0. The molecule has 0 fully saturated rings. The van der Waals surface area contributed by atoms with E-state index in [0.29, 0.717) is 22.9 Å². The molecule has 206 valence electrons. The summed E-state index contributed by atoms with van der Waals surface area (Å²) in [4.78, 5) is 31.1. The lowest BCUT2D eigenvalue weighted by Gasteiger charge is -2.25. The molecule has 0 saturated carbocycles. The van der Waals surface area contributed by atoms with Crippen LogP contribution < -0.4 is 20.7 Å². The highest BCUT2D eigenvalue weighted by atomic mass is 16.5. The predicted molar refractivity (Wildman–Crippen MR) is 155 cm³/mol. The molecule has 2 aromatic carbocycles. The molecule has 2 aromatic heterocycles. The van der Waals surface area contributed by atoms with Crippen molar-refractivity contribution in [1.29, 1.82) is 0 Å². The van der Waals surface area contributed by atoms with Gasteiger partial charge in [-0.05, 0) is 74.8 Å². The van der Waals surface area contributed by atoms with Crippen molar-refractivity contribution in [3.63, 3.8) is 0 Å². The van der Waals surface area contributed by atoms with Crippen molar-refractivity contribution in [2.75, 3.05) is 31.3 Å². The van der Waals surface area contributed by atoms with E-state index in [9.17, 15) is 9.59 Å². The van der Waals surface area contributed by atoms with Crippen molar-refractivity contribution in [3.8, 4) is 22.8 Å².